The van der Waals surface area contributed by atoms with Gasteiger partial charge in [0.15, 0.2) is 11.5 Å². The van der Waals surface area contributed by atoms with Gasteiger partial charge in [0.1, 0.15) is 11.6 Å². The highest BCUT2D eigenvalue weighted by Crippen LogP contribution is 2.25. The molecule has 1 saturated carbocycles. The molecule has 0 spiro atoms. The van der Waals surface area contributed by atoms with Crippen LogP contribution in [0.3, 0.4) is 0 Å². The number of rotatable bonds is 3. The van der Waals surface area contributed by atoms with E-state index in [9.17, 15) is 0 Å². The molecule has 18 heavy (non-hydrogen) atoms. The van der Waals surface area contributed by atoms with Crippen LogP contribution in [0.2, 0.25) is 0 Å². The molecule has 0 unspecified atom stereocenters. The van der Waals surface area contributed by atoms with Crippen molar-refractivity contribution >= 4 is 17.0 Å². The van der Waals surface area contributed by atoms with Crippen LogP contribution in [-0.2, 0) is 0 Å². The summed E-state index contributed by atoms with van der Waals surface area (Å²) >= 11 is 0. The minimum Gasteiger partial charge on any atom is -0.468 e. The number of nitrogens with zero attached hydrogens (tertiary/aromatic N) is 3. The van der Waals surface area contributed by atoms with E-state index in [4.69, 9.17) is 15.2 Å². The van der Waals surface area contributed by atoms with Gasteiger partial charge in [0.25, 0.3) is 6.01 Å². The lowest BCUT2D eigenvalue weighted by Crippen LogP contribution is -2.13. The van der Waals surface area contributed by atoms with Gasteiger partial charge in [-0.15, -0.1) is 0 Å². The van der Waals surface area contributed by atoms with Gasteiger partial charge in [0.2, 0.25) is 0 Å². The van der Waals surface area contributed by atoms with Gasteiger partial charge in [0.05, 0.1) is 7.11 Å². The second kappa shape index (κ2) is 4.32. The largest absolute Gasteiger partial charge is 0.468 e. The molecule has 3 N–H and O–H groups in total. The number of hydrogen-bond donors (Lipinski definition) is 2. The minimum atomic E-state index is 0.197. The summed E-state index contributed by atoms with van der Waals surface area (Å²) in [5, 5.41) is 0. The van der Waals surface area contributed by atoms with E-state index in [1.165, 1.54) is 20.0 Å². The van der Waals surface area contributed by atoms with E-state index < -0.39 is 0 Å². The fourth-order valence-corrected chi connectivity index (χ4v) is 2.18. The summed E-state index contributed by atoms with van der Waals surface area (Å²) in [5.41, 5.74) is 6.88. The summed E-state index contributed by atoms with van der Waals surface area (Å²) in [4.78, 5) is 15.4. The van der Waals surface area contributed by atoms with Crippen molar-refractivity contribution < 1.29 is 9.47 Å². The Balaban J connectivity index is 1.92. The molecule has 0 aliphatic heterocycles. The van der Waals surface area contributed by atoms with Crippen molar-refractivity contribution in [2.45, 2.75) is 31.8 Å². The second-order valence-electron chi connectivity index (χ2n) is 4.36. The predicted molar refractivity (Wildman–Crippen MR) is 65.5 cm³/mol. The van der Waals surface area contributed by atoms with E-state index in [1.54, 1.807) is 0 Å². The molecule has 96 valence electrons. The number of imidazole rings is 1. The number of fused-ring (bicyclic) bond motifs is 1. The van der Waals surface area contributed by atoms with Crippen LogP contribution in [0, 0.1) is 0 Å². The number of aromatic nitrogens is 4. The average Bonchev–Trinajstić information content (AvgIpc) is 2.97. The zero-order valence-corrected chi connectivity index (χ0v) is 10.1. The molecule has 7 nitrogen and oxygen atoms in total. The van der Waals surface area contributed by atoms with E-state index in [2.05, 4.69) is 19.9 Å². The molecule has 2 heterocycles. The summed E-state index contributed by atoms with van der Waals surface area (Å²) in [5.74, 6) is 0.323. The number of nitrogens with two attached hydrogens (primary N) is 1. The van der Waals surface area contributed by atoms with E-state index in [0.717, 1.165) is 12.8 Å². The maximum absolute atomic E-state index is 5.84. The third-order valence-corrected chi connectivity index (χ3v) is 3.10. The van der Waals surface area contributed by atoms with Crippen LogP contribution in [0.4, 0.5) is 5.82 Å². The number of methoxy groups -OCH3 is 1. The standard InChI is InChI=1S/C11H15N5O2/c1-17-10-13-7-8(12)14-11(16-9(7)15-10)18-6-4-2-3-5-6/h6H,2-5H2,1H3,(H3,12,13,14,15,16). The van der Waals surface area contributed by atoms with E-state index >= 15 is 0 Å². The Labute approximate surface area is 104 Å². The molecule has 2 aromatic rings. The monoisotopic (exact) mass is 249 g/mol. The van der Waals surface area contributed by atoms with Gasteiger partial charge in [-0.05, 0) is 25.7 Å². The molecule has 7 heteroatoms. The molecule has 1 fully saturated rings. The maximum atomic E-state index is 5.84. The SMILES string of the molecule is COc1nc2nc(OC3CCCC3)nc(N)c2[nH]1. The van der Waals surface area contributed by atoms with Crippen LogP contribution < -0.4 is 15.2 Å². The Morgan fingerprint density at radius 1 is 1.22 bits per heavy atom. The zero-order valence-electron chi connectivity index (χ0n) is 10.1. The summed E-state index contributed by atoms with van der Waals surface area (Å²) < 4.78 is 10.7. The first-order valence-electron chi connectivity index (χ1n) is 6.00. The first-order chi connectivity index (χ1) is 8.76. The van der Waals surface area contributed by atoms with Crippen LogP contribution in [0.1, 0.15) is 25.7 Å². The molecular formula is C11H15N5O2. The molecule has 2 aromatic heterocycles. The number of nitrogen functional groups attached to an aromatic ring is 1. The normalized spacial score (nSPS) is 16.3. The van der Waals surface area contributed by atoms with Crippen LogP contribution in [0.25, 0.3) is 11.2 Å². The van der Waals surface area contributed by atoms with Gasteiger partial charge in [-0.1, -0.05) is 0 Å². The lowest BCUT2D eigenvalue weighted by atomic mass is 10.3. The van der Waals surface area contributed by atoms with Crippen molar-refractivity contribution in [3.05, 3.63) is 0 Å². The van der Waals surface area contributed by atoms with Crippen molar-refractivity contribution in [3.63, 3.8) is 0 Å². The lowest BCUT2D eigenvalue weighted by Gasteiger charge is -2.10. The molecule has 0 atom stereocenters. The highest BCUT2D eigenvalue weighted by molar-refractivity contribution is 5.82. The van der Waals surface area contributed by atoms with Crippen LogP contribution in [0.15, 0.2) is 0 Å². The minimum absolute atomic E-state index is 0.197. The van der Waals surface area contributed by atoms with Gasteiger partial charge in [-0.3, -0.25) is 0 Å². The van der Waals surface area contributed by atoms with E-state index in [0.29, 0.717) is 29.0 Å². The smallest absolute Gasteiger partial charge is 0.320 e. The number of nitrogens with one attached hydrogen (secondary N) is 1. The Kier molecular flexibility index (Phi) is 2.66. The Bertz CT molecular complexity index is 562. The molecule has 0 amide bonds. The number of ether oxygens (including phenoxy) is 2. The zero-order chi connectivity index (χ0) is 12.5. The van der Waals surface area contributed by atoms with Gasteiger partial charge >= 0.3 is 6.01 Å². The Morgan fingerprint density at radius 2 is 2.00 bits per heavy atom. The van der Waals surface area contributed by atoms with E-state index in [-0.39, 0.29) is 6.10 Å². The summed E-state index contributed by atoms with van der Waals surface area (Å²) in [6.45, 7) is 0. The Hall–Kier alpha value is -2.05. The van der Waals surface area contributed by atoms with Crippen molar-refractivity contribution in [2.75, 3.05) is 12.8 Å². The summed E-state index contributed by atoms with van der Waals surface area (Å²) in [6.07, 6.45) is 4.68. The van der Waals surface area contributed by atoms with Crippen molar-refractivity contribution in [2.24, 2.45) is 0 Å². The quantitative estimate of drug-likeness (QED) is 0.849. The fourth-order valence-electron chi connectivity index (χ4n) is 2.18. The third-order valence-electron chi connectivity index (χ3n) is 3.10. The van der Waals surface area contributed by atoms with Crippen molar-refractivity contribution in [1.82, 2.24) is 19.9 Å². The van der Waals surface area contributed by atoms with Gasteiger partial charge < -0.3 is 20.2 Å². The Morgan fingerprint density at radius 3 is 2.72 bits per heavy atom. The van der Waals surface area contributed by atoms with Gasteiger partial charge in [0, 0.05) is 0 Å². The van der Waals surface area contributed by atoms with Crippen molar-refractivity contribution in [1.29, 1.82) is 0 Å². The highest BCUT2D eigenvalue weighted by Gasteiger charge is 2.19. The highest BCUT2D eigenvalue weighted by atomic mass is 16.5. The fraction of sp³-hybridized carbons (Fsp3) is 0.545. The lowest BCUT2D eigenvalue weighted by molar-refractivity contribution is 0.193. The third kappa shape index (κ3) is 1.92. The molecule has 0 radical (unpaired) electrons. The van der Waals surface area contributed by atoms with Crippen molar-refractivity contribution in [3.8, 4) is 12.0 Å². The molecule has 1 aliphatic carbocycles. The van der Waals surface area contributed by atoms with Crippen LogP contribution in [0.5, 0.6) is 12.0 Å². The number of anilines is 1. The molecule has 0 bridgehead atoms. The van der Waals surface area contributed by atoms with Crippen LogP contribution >= 0.6 is 0 Å². The van der Waals surface area contributed by atoms with Gasteiger partial charge in [-0.25, -0.2) is 0 Å². The first kappa shape index (κ1) is 11.1. The second-order valence-corrected chi connectivity index (χ2v) is 4.36. The molecule has 3 rings (SSSR count). The predicted octanol–water partition coefficient (Wildman–Crippen LogP) is 1.27. The number of aromatic amines is 1. The van der Waals surface area contributed by atoms with Gasteiger partial charge in [-0.2, -0.15) is 15.0 Å². The van der Waals surface area contributed by atoms with E-state index in [1.807, 2.05) is 0 Å². The van der Waals surface area contributed by atoms with Crippen LogP contribution in [-0.4, -0.2) is 33.1 Å². The molecule has 0 saturated heterocycles. The average molecular weight is 249 g/mol. The maximum Gasteiger partial charge on any atom is 0.320 e. The topological polar surface area (TPSA) is 98.9 Å². The molecule has 1 aliphatic rings. The molecule has 0 aromatic carbocycles. The summed E-state index contributed by atoms with van der Waals surface area (Å²) in [7, 11) is 1.53. The number of hydrogen-bond acceptors (Lipinski definition) is 6. The number of H-pyrrole nitrogens is 1. The first-order valence-corrected chi connectivity index (χ1v) is 6.00. The molecular weight excluding hydrogens is 234 g/mol. The summed E-state index contributed by atoms with van der Waals surface area (Å²) in [6, 6.07) is 0.657.